The van der Waals surface area contributed by atoms with Gasteiger partial charge in [0.1, 0.15) is 0 Å². The van der Waals surface area contributed by atoms with Gasteiger partial charge in [0.2, 0.25) is 0 Å². The molecule has 0 radical (unpaired) electrons. The highest BCUT2D eigenvalue weighted by Crippen LogP contribution is 2.36. The predicted molar refractivity (Wildman–Crippen MR) is 54.3 cm³/mol. The van der Waals surface area contributed by atoms with Gasteiger partial charge in [0.05, 0.1) is 5.82 Å². The van der Waals surface area contributed by atoms with E-state index in [4.69, 9.17) is 11.5 Å². The number of hydrogen-bond donors (Lipinski definition) is 2. The number of allylic oxidation sites excluding steroid dienone is 1. The third-order valence-electron chi connectivity index (χ3n) is 3.24. The Kier molecular flexibility index (Phi) is 3.62. The van der Waals surface area contributed by atoms with Crippen molar-refractivity contribution in [3.8, 4) is 0 Å². The second-order valence-corrected chi connectivity index (χ2v) is 4.11. The van der Waals surface area contributed by atoms with Crippen LogP contribution >= 0.6 is 0 Å². The van der Waals surface area contributed by atoms with Crippen molar-refractivity contribution in [1.82, 2.24) is 0 Å². The summed E-state index contributed by atoms with van der Waals surface area (Å²) in [5.41, 5.74) is 12.4. The minimum atomic E-state index is 0.119. The van der Waals surface area contributed by atoms with Crippen molar-refractivity contribution in [1.29, 1.82) is 0 Å². The largest absolute Gasteiger partial charge is 0.386 e. The molecule has 0 aromatic rings. The molecule has 0 amide bonds. The average Bonchev–Trinajstić information content (AvgIpc) is 2.01. The quantitative estimate of drug-likeness (QED) is 0.682. The summed E-state index contributed by atoms with van der Waals surface area (Å²) in [5, 5.41) is 0. The molecule has 0 aromatic heterocycles. The van der Waals surface area contributed by atoms with Crippen LogP contribution in [0, 0.1) is 11.3 Å². The highest BCUT2D eigenvalue weighted by atomic mass is 14.8. The van der Waals surface area contributed by atoms with Crippen LogP contribution in [0.1, 0.15) is 41.0 Å². The van der Waals surface area contributed by atoms with Crippen LogP contribution in [0.5, 0.6) is 0 Å². The lowest BCUT2D eigenvalue weighted by molar-refractivity contribution is 0.276. The molecule has 1 atom stereocenters. The van der Waals surface area contributed by atoms with E-state index in [1.807, 2.05) is 6.92 Å². The standard InChI is InChI=1S/C10H22N2/c1-6-7(2)10(4,5)8(3)9(11)12/h7H,6,11-12H2,1-5H3. The van der Waals surface area contributed by atoms with Crippen LogP contribution in [0.3, 0.4) is 0 Å². The molecule has 72 valence electrons. The number of rotatable bonds is 3. The van der Waals surface area contributed by atoms with E-state index < -0.39 is 0 Å². The van der Waals surface area contributed by atoms with E-state index >= 15 is 0 Å². The van der Waals surface area contributed by atoms with Crippen molar-refractivity contribution in [2.24, 2.45) is 22.8 Å². The van der Waals surface area contributed by atoms with Gasteiger partial charge in [-0.2, -0.15) is 0 Å². The summed E-state index contributed by atoms with van der Waals surface area (Å²) in [7, 11) is 0. The van der Waals surface area contributed by atoms with Crippen LogP contribution < -0.4 is 11.5 Å². The van der Waals surface area contributed by atoms with E-state index in [0.717, 1.165) is 12.0 Å². The third kappa shape index (κ3) is 2.16. The summed E-state index contributed by atoms with van der Waals surface area (Å²) < 4.78 is 0. The van der Waals surface area contributed by atoms with Crippen molar-refractivity contribution in [2.75, 3.05) is 0 Å². The summed E-state index contributed by atoms with van der Waals surface area (Å²) in [6.07, 6.45) is 1.15. The molecule has 2 heteroatoms. The van der Waals surface area contributed by atoms with Crippen molar-refractivity contribution < 1.29 is 0 Å². The molecule has 0 aliphatic carbocycles. The van der Waals surface area contributed by atoms with Crippen LogP contribution in [0.4, 0.5) is 0 Å². The van der Waals surface area contributed by atoms with Crippen LogP contribution in [-0.2, 0) is 0 Å². The molecule has 0 aliphatic heterocycles. The normalized spacial score (nSPS) is 14.1. The number of nitrogens with two attached hydrogens (primary N) is 2. The molecular formula is C10H22N2. The molecule has 0 aliphatic rings. The zero-order valence-electron chi connectivity index (χ0n) is 8.94. The van der Waals surface area contributed by atoms with Gasteiger partial charge in [0.15, 0.2) is 0 Å². The fraction of sp³-hybridized carbons (Fsp3) is 0.800. The summed E-state index contributed by atoms with van der Waals surface area (Å²) in [5.74, 6) is 1.08. The highest BCUT2D eigenvalue weighted by molar-refractivity contribution is 5.14. The molecule has 0 spiro atoms. The van der Waals surface area contributed by atoms with Gasteiger partial charge in [-0.3, -0.25) is 0 Å². The van der Waals surface area contributed by atoms with Crippen molar-refractivity contribution in [2.45, 2.75) is 41.0 Å². The Bertz CT molecular complexity index is 176. The summed E-state index contributed by atoms with van der Waals surface area (Å²) >= 11 is 0. The van der Waals surface area contributed by atoms with Gasteiger partial charge >= 0.3 is 0 Å². The van der Waals surface area contributed by atoms with E-state index in [1.165, 1.54) is 0 Å². The van der Waals surface area contributed by atoms with Gasteiger partial charge in [-0.1, -0.05) is 34.1 Å². The Morgan fingerprint density at radius 1 is 1.33 bits per heavy atom. The molecule has 0 heterocycles. The maximum absolute atomic E-state index is 5.57. The molecule has 4 N–H and O–H groups in total. The zero-order valence-corrected chi connectivity index (χ0v) is 8.94. The molecule has 0 rings (SSSR count). The topological polar surface area (TPSA) is 52.0 Å². The fourth-order valence-electron chi connectivity index (χ4n) is 1.25. The Hall–Kier alpha value is -0.660. The van der Waals surface area contributed by atoms with Gasteiger partial charge in [-0.05, 0) is 23.8 Å². The Balaban J connectivity index is 4.73. The Labute approximate surface area is 76.0 Å². The van der Waals surface area contributed by atoms with Crippen LogP contribution in [0.25, 0.3) is 0 Å². The van der Waals surface area contributed by atoms with Gasteiger partial charge in [0, 0.05) is 0 Å². The molecule has 0 aromatic carbocycles. The first-order chi connectivity index (χ1) is 5.34. The molecule has 2 nitrogen and oxygen atoms in total. The van der Waals surface area contributed by atoms with Gasteiger partial charge in [-0.15, -0.1) is 0 Å². The molecule has 0 saturated heterocycles. The lowest BCUT2D eigenvalue weighted by Crippen LogP contribution is -2.27. The van der Waals surface area contributed by atoms with Gasteiger partial charge < -0.3 is 11.5 Å². The molecule has 1 unspecified atom stereocenters. The molecule has 0 bridgehead atoms. The maximum Gasteiger partial charge on any atom is 0.0928 e. The van der Waals surface area contributed by atoms with Crippen LogP contribution in [0.2, 0.25) is 0 Å². The lowest BCUT2D eigenvalue weighted by Gasteiger charge is -2.32. The van der Waals surface area contributed by atoms with Crippen molar-refractivity contribution >= 4 is 0 Å². The first-order valence-corrected chi connectivity index (χ1v) is 4.56. The van der Waals surface area contributed by atoms with E-state index in [9.17, 15) is 0 Å². The van der Waals surface area contributed by atoms with Gasteiger partial charge in [-0.25, -0.2) is 0 Å². The SMILES string of the molecule is CCC(C)C(C)(C)C(C)=C(N)N. The lowest BCUT2D eigenvalue weighted by atomic mass is 9.73. The summed E-state index contributed by atoms with van der Waals surface area (Å²) in [6.45, 7) is 10.8. The van der Waals surface area contributed by atoms with E-state index in [-0.39, 0.29) is 5.41 Å². The van der Waals surface area contributed by atoms with Crippen molar-refractivity contribution in [3.63, 3.8) is 0 Å². The smallest absolute Gasteiger partial charge is 0.0928 e. The highest BCUT2D eigenvalue weighted by Gasteiger charge is 2.27. The second kappa shape index (κ2) is 3.83. The first kappa shape index (κ1) is 11.3. The Morgan fingerprint density at radius 3 is 2.00 bits per heavy atom. The minimum absolute atomic E-state index is 0.119. The van der Waals surface area contributed by atoms with E-state index in [0.29, 0.717) is 11.7 Å². The average molecular weight is 170 g/mol. The second-order valence-electron chi connectivity index (χ2n) is 4.11. The van der Waals surface area contributed by atoms with E-state index in [2.05, 4.69) is 27.7 Å². The zero-order chi connectivity index (χ0) is 9.94. The molecular weight excluding hydrogens is 148 g/mol. The monoisotopic (exact) mass is 170 g/mol. The third-order valence-corrected chi connectivity index (χ3v) is 3.24. The fourth-order valence-corrected chi connectivity index (χ4v) is 1.25. The maximum atomic E-state index is 5.57. The molecule has 12 heavy (non-hydrogen) atoms. The van der Waals surface area contributed by atoms with Gasteiger partial charge in [0.25, 0.3) is 0 Å². The van der Waals surface area contributed by atoms with Crippen LogP contribution in [0.15, 0.2) is 11.4 Å². The molecule has 0 saturated carbocycles. The predicted octanol–water partition coefficient (Wildman–Crippen LogP) is 2.21. The summed E-state index contributed by atoms with van der Waals surface area (Å²) in [4.78, 5) is 0. The van der Waals surface area contributed by atoms with Crippen molar-refractivity contribution in [3.05, 3.63) is 11.4 Å². The van der Waals surface area contributed by atoms with Crippen LogP contribution in [-0.4, -0.2) is 0 Å². The summed E-state index contributed by atoms with van der Waals surface area (Å²) in [6, 6.07) is 0. The number of hydrogen-bond acceptors (Lipinski definition) is 2. The van der Waals surface area contributed by atoms with E-state index in [1.54, 1.807) is 0 Å². The molecule has 0 fully saturated rings. The first-order valence-electron chi connectivity index (χ1n) is 4.56. The minimum Gasteiger partial charge on any atom is -0.386 e. The Morgan fingerprint density at radius 2 is 1.75 bits per heavy atom.